The fourth-order valence-electron chi connectivity index (χ4n) is 1.89. The number of benzene rings is 2. The molecule has 0 spiro atoms. The lowest BCUT2D eigenvalue weighted by Crippen LogP contribution is -2.36. The van der Waals surface area contributed by atoms with Crippen molar-refractivity contribution >= 4 is 17.5 Å². The third-order valence-electron chi connectivity index (χ3n) is 3.00. The Bertz CT molecular complexity index is 760. The number of amides is 2. The molecule has 3 N–H and O–H groups in total. The lowest BCUT2D eigenvalue weighted by molar-refractivity contribution is -0.173. The lowest BCUT2D eigenvalue weighted by Gasteiger charge is -2.10. The number of halogens is 3. The molecule has 126 valence electrons. The largest absolute Gasteiger partial charge is 0.508 e. The minimum absolute atomic E-state index is 0.0636. The Morgan fingerprint density at radius 3 is 2.42 bits per heavy atom. The SMILES string of the molecule is O=C(Nc1cccc(CNC(=O)C(F)(F)F)c1)c1cccc(O)c1. The van der Waals surface area contributed by atoms with Crippen molar-refractivity contribution in [3.8, 4) is 5.75 Å². The molecule has 0 saturated carbocycles. The molecule has 0 aromatic heterocycles. The second-order valence-corrected chi connectivity index (χ2v) is 4.89. The number of aromatic hydroxyl groups is 1. The van der Waals surface area contributed by atoms with Gasteiger partial charge in [-0.05, 0) is 35.9 Å². The Labute approximate surface area is 135 Å². The molecule has 2 rings (SSSR count). The summed E-state index contributed by atoms with van der Waals surface area (Å²) in [6.45, 7) is -0.325. The molecule has 0 aliphatic heterocycles. The van der Waals surface area contributed by atoms with Crippen molar-refractivity contribution in [3.63, 3.8) is 0 Å². The van der Waals surface area contributed by atoms with Gasteiger partial charge in [0.2, 0.25) is 0 Å². The van der Waals surface area contributed by atoms with Crippen LogP contribution in [0.4, 0.5) is 18.9 Å². The number of carbonyl (C=O) groups is 2. The van der Waals surface area contributed by atoms with Gasteiger partial charge >= 0.3 is 12.1 Å². The van der Waals surface area contributed by atoms with Crippen LogP contribution in [0.25, 0.3) is 0 Å². The minimum atomic E-state index is -4.94. The van der Waals surface area contributed by atoms with Crippen LogP contribution < -0.4 is 10.6 Å². The van der Waals surface area contributed by atoms with E-state index in [1.165, 1.54) is 42.5 Å². The highest BCUT2D eigenvalue weighted by atomic mass is 19.4. The maximum Gasteiger partial charge on any atom is 0.471 e. The first-order valence-corrected chi connectivity index (χ1v) is 6.80. The normalized spacial score (nSPS) is 11.0. The molecule has 8 heteroatoms. The third kappa shape index (κ3) is 4.73. The summed E-state index contributed by atoms with van der Waals surface area (Å²) in [6, 6.07) is 11.8. The molecule has 0 saturated heterocycles. The first-order valence-electron chi connectivity index (χ1n) is 6.80. The monoisotopic (exact) mass is 338 g/mol. The highest BCUT2D eigenvalue weighted by Gasteiger charge is 2.38. The van der Waals surface area contributed by atoms with Crippen LogP contribution in [0.5, 0.6) is 5.75 Å². The van der Waals surface area contributed by atoms with E-state index in [4.69, 9.17) is 0 Å². The van der Waals surface area contributed by atoms with Crippen LogP contribution in [0.2, 0.25) is 0 Å². The molecule has 0 bridgehead atoms. The predicted molar refractivity (Wildman–Crippen MR) is 80.4 cm³/mol. The second-order valence-electron chi connectivity index (χ2n) is 4.89. The zero-order valence-corrected chi connectivity index (χ0v) is 12.2. The Hall–Kier alpha value is -3.03. The summed E-state index contributed by atoms with van der Waals surface area (Å²) >= 11 is 0. The second kappa shape index (κ2) is 7.03. The number of phenols is 1. The van der Waals surface area contributed by atoms with E-state index in [1.807, 2.05) is 0 Å². The van der Waals surface area contributed by atoms with Crippen LogP contribution in [-0.4, -0.2) is 23.1 Å². The quantitative estimate of drug-likeness (QED) is 0.802. The molecule has 5 nitrogen and oxygen atoms in total. The van der Waals surface area contributed by atoms with Crippen LogP contribution in [-0.2, 0) is 11.3 Å². The van der Waals surface area contributed by atoms with Gasteiger partial charge in [-0.15, -0.1) is 0 Å². The van der Waals surface area contributed by atoms with Crippen molar-refractivity contribution in [2.24, 2.45) is 0 Å². The average molecular weight is 338 g/mol. The number of phenolic OH excluding ortho intramolecular Hbond substituents is 1. The van der Waals surface area contributed by atoms with Gasteiger partial charge in [-0.1, -0.05) is 18.2 Å². The molecule has 2 aromatic carbocycles. The van der Waals surface area contributed by atoms with E-state index in [9.17, 15) is 27.9 Å². The Kier molecular flexibility index (Phi) is 5.08. The molecular weight excluding hydrogens is 325 g/mol. The Morgan fingerprint density at radius 2 is 1.75 bits per heavy atom. The van der Waals surface area contributed by atoms with Gasteiger partial charge in [-0.2, -0.15) is 13.2 Å². The molecule has 2 amide bonds. The summed E-state index contributed by atoms with van der Waals surface area (Å²) in [7, 11) is 0. The van der Waals surface area contributed by atoms with Gasteiger partial charge in [0, 0.05) is 17.8 Å². The van der Waals surface area contributed by atoms with E-state index < -0.39 is 18.0 Å². The third-order valence-corrected chi connectivity index (χ3v) is 3.00. The molecule has 0 radical (unpaired) electrons. The van der Waals surface area contributed by atoms with Gasteiger partial charge in [-0.3, -0.25) is 9.59 Å². The minimum Gasteiger partial charge on any atom is -0.508 e. The van der Waals surface area contributed by atoms with Gasteiger partial charge in [0.25, 0.3) is 5.91 Å². The fraction of sp³-hybridized carbons (Fsp3) is 0.125. The summed E-state index contributed by atoms with van der Waals surface area (Å²) in [4.78, 5) is 22.8. The molecule has 0 aliphatic carbocycles. The molecule has 0 atom stereocenters. The van der Waals surface area contributed by atoms with Crippen LogP contribution in [0, 0.1) is 0 Å². The van der Waals surface area contributed by atoms with Gasteiger partial charge in [0.1, 0.15) is 5.75 Å². The van der Waals surface area contributed by atoms with Gasteiger partial charge in [0.15, 0.2) is 0 Å². The first kappa shape index (κ1) is 17.3. The molecular formula is C16H13F3N2O3. The standard InChI is InChI=1S/C16H13F3N2O3/c17-16(18,19)15(24)20-9-10-3-1-5-12(7-10)21-14(23)11-4-2-6-13(22)8-11/h1-8,22H,9H2,(H,20,24)(H,21,23). The Morgan fingerprint density at radius 1 is 1.04 bits per heavy atom. The van der Waals surface area contributed by atoms with Gasteiger partial charge < -0.3 is 15.7 Å². The summed E-state index contributed by atoms with van der Waals surface area (Å²) < 4.78 is 36.4. The molecule has 24 heavy (non-hydrogen) atoms. The summed E-state index contributed by atoms with van der Waals surface area (Å²) in [5, 5.41) is 13.7. The molecule has 2 aromatic rings. The predicted octanol–water partition coefficient (Wildman–Crippen LogP) is 2.82. The average Bonchev–Trinajstić information content (AvgIpc) is 2.52. The number of rotatable bonds is 4. The summed E-state index contributed by atoms with van der Waals surface area (Å²) in [5.41, 5.74) is 0.967. The lowest BCUT2D eigenvalue weighted by atomic mass is 10.1. The van der Waals surface area contributed by atoms with Crippen LogP contribution in [0.3, 0.4) is 0 Å². The first-order chi connectivity index (χ1) is 11.3. The van der Waals surface area contributed by atoms with Crippen LogP contribution in [0.1, 0.15) is 15.9 Å². The number of alkyl halides is 3. The van der Waals surface area contributed by atoms with Gasteiger partial charge in [-0.25, -0.2) is 0 Å². The number of hydrogen-bond donors (Lipinski definition) is 3. The van der Waals surface area contributed by atoms with E-state index in [0.717, 1.165) is 0 Å². The fourth-order valence-corrected chi connectivity index (χ4v) is 1.89. The smallest absolute Gasteiger partial charge is 0.471 e. The van der Waals surface area contributed by atoms with Gasteiger partial charge in [0.05, 0.1) is 0 Å². The number of carbonyl (C=O) groups excluding carboxylic acids is 2. The van der Waals surface area contributed by atoms with E-state index in [1.54, 1.807) is 11.4 Å². The van der Waals surface area contributed by atoms with Crippen molar-refractivity contribution in [2.75, 3.05) is 5.32 Å². The zero-order chi connectivity index (χ0) is 17.7. The van der Waals surface area contributed by atoms with E-state index in [-0.39, 0.29) is 17.9 Å². The summed E-state index contributed by atoms with van der Waals surface area (Å²) in [6.07, 6.45) is -4.94. The van der Waals surface area contributed by atoms with Crippen molar-refractivity contribution < 1.29 is 27.9 Å². The van der Waals surface area contributed by atoms with Crippen LogP contribution >= 0.6 is 0 Å². The topological polar surface area (TPSA) is 78.4 Å². The van der Waals surface area contributed by atoms with Crippen LogP contribution in [0.15, 0.2) is 48.5 Å². The molecule has 0 heterocycles. The van der Waals surface area contributed by atoms with Crippen molar-refractivity contribution in [1.29, 1.82) is 0 Å². The number of nitrogens with one attached hydrogen (secondary N) is 2. The maximum absolute atomic E-state index is 12.1. The highest BCUT2D eigenvalue weighted by Crippen LogP contribution is 2.17. The van der Waals surface area contributed by atoms with Crippen molar-refractivity contribution in [1.82, 2.24) is 5.32 Å². The maximum atomic E-state index is 12.1. The molecule has 0 aliphatic rings. The zero-order valence-electron chi connectivity index (χ0n) is 12.2. The molecule has 0 unspecified atom stereocenters. The van der Waals surface area contributed by atoms with Crippen molar-refractivity contribution in [2.45, 2.75) is 12.7 Å². The van der Waals surface area contributed by atoms with Crippen molar-refractivity contribution in [3.05, 3.63) is 59.7 Å². The van der Waals surface area contributed by atoms with E-state index >= 15 is 0 Å². The Balaban J connectivity index is 2.02. The highest BCUT2D eigenvalue weighted by molar-refractivity contribution is 6.04. The number of anilines is 1. The molecule has 0 fully saturated rings. The van der Waals surface area contributed by atoms with E-state index in [2.05, 4.69) is 5.32 Å². The number of hydrogen-bond acceptors (Lipinski definition) is 3. The van der Waals surface area contributed by atoms with E-state index in [0.29, 0.717) is 11.3 Å². The summed E-state index contributed by atoms with van der Waals surface area (Å²) in [5.74, 6) is -2.58.